The molecule has 0 amide bonds. The molecule has 0 radical (unpaired) electrons. The summed E-state index contributed by atoms with van der Waals surface area (Å²) in [6.45, 7) is 1.99. The van der Waals surface area contributed by atoms with E-state index in [-0.39, 0.29) is 0 Å². The summed E-state index contributed by atoms with van der Waals surface area (Å²) in [4.78, 5) is 0.365. The topological polar surface area (TPSA) is 43.8 Å². The molecule has 2 aromatic rings. The van der Waals surface area contributed by atoms with Crippen LogP contribution >= 0.6 is 28.1 Å². The molecule has 2 rings (SSSR count). The third-order valence-corrected chi connectivity index (χ3v) is 2.90. The summed E-state index contributed by atoms with van der Waals surface area (Å²) in [7, 11) is 0. The first-order valence-electron chi connectivity index (χ1n) is 4.69. The molecule has 1 aromatic heterocycles. The van der Waals surface area contributed by atoms with Crippen LogP contribution in [0.2, 0.25) is 0 Å². The van der Waals surface area contributed by atoms with Gasteiger partial charge < -0.3 is 5.73 Å². The number of thiocarbonyl (C=S) groups is 1. The third kappa shape index (κ3) is 2.15. The zero-order chi connectivity index (χ0) is 11.7. The molecule has 3 nitrogen and oxygen atoms in total. The second-order valence-corrected chi connectivity index (χ2v) is 4.84. The van der Waals surface area contributed by atoms with Gasteiger partial charge in [0.1, 0.15) is 4.99 Å². The van der Waals surface area contributed by atoms with Gasteiger partial charge in [-0.3, -0.25) is 0 Å². The summed E-state index contributed by atoms with van der Waals surface area (Å²) in [5, 5.41) is 4.24. The molecule has 1 heterocycles. The smallest absolute Gasteiger partial charge is 0.106 e. The maximum absolute atomic E-state index is 5.70. The number of nitrogens with zero attached hydrogens (tertiary/aromatic N) is 2. The van der Waals surface area contributed by atoms with Crippen molar-refractivity contribution in [2.45, 2.75) is 6.92 Å². The number of hydrogen-bond acceptors (Lipinski definition) is 2. The van der Waals surface area contributed by atoms with Crippen molar-refractivity contribution in [3.63, 3.8) is 0 Å². The van der Waals surface area contributed by atoms with Gasteiger partial charge in [-0.05, 0) is 30.7 Å². The van der Waals surface area contributed by atoms with Crippen LogP contribution in [0.4, 0.5) is 0 Å². The highest BCUT2D eigenvalue weighted by molar-refractivity contribution is 9.10. The van der Waals surface area contributed by atoms with E-state index in [1.807, 2.05) is 31.3 Å². The lowest BCUT2D eigenvalue weighted by Crippen LogP contribution is -2.13. The van der Waals surface area contributed by atoms with Gasteiger partial charge in [0, 0.05) is 16.2 Å². The molecule has 0 bridgehead atoms. The molecule has 0 atom stereocenters. The minimum atomic E-state index is 0.365. The van der Waals surface area contributed by atoms with Crippen LogP contribution < -0.4 is 5.73 Å². The van der Waals surface area contributed by atoms with Crippen LogP contribution in [0.5, 0.6) is 0 Å². The Balaban J connectivity index is 2.60. The summed E-state index contributed by atoms with van der Waals surface area (Å²) in [5.74, 6) is 0. The fraction of sp³-hybridized carbons (Fsp3) is 0.0909. The molecule has 82 valence electrons. The van der Waals surface area contributed by atoms with Gasteiger partial charge in [0.05, 0.1) is 11.9 Å². The van der Waals surface area contributed by atoms with E-state index in [2.05, 4.69) is 21.0 Å². The first-order chi connectivity index (χ1) is 7.58. The lowest BCUT2D eigenvalue weighted by molar-refractivity contribution is 0.878. The van der Waals surface area contributed by atoms with Crippen molar-refractivity contribution in [3.05, 3.63) is 46.2 Å². The Morgan fingerprint density at radius 2 is 2.25 bits per heavy atom. The van der Waals surface area contributed by atoms with Crippen molar-refractivity contribution in [1.29, 1.82) is 0 Å². The maximum atomic E-state index is 5.70. The highest BCUT2D eigenvalue weighted by Crippen LogP contribution is 2.20. The van der Waals surface area contributed by atoms with E-state index >= 15 is 0 Å². The summed E-state index contributed by atoms with van der Waals surface area (Å²) in [6.07, 6.45) is 3.73. The van der Waals surface area contributed by atoms with Gasteiger partial charge in [0.2, 0.25) is 0 Å². The fourth-order valence-electron chi connectivity index (χ4n) is 1.45. The van der Waals surface area contributed by atoms with Gasteiger partial charge >= 0.3 is 0 Å². The molecular formula is C11H10BrN3S. The Kier molecular flexibility index (Phi) is 3.07. The minimum Gasteiger partial charge on any atom is -0.389 e. The maximum Gasteiger partial charge on any atom is 0.106 e. The normalized spacial score (nSPS) is 10.4. The Morgan fingerprint density at radius 1 is 1.50 bits per heavy atom. The van der Waals surface area contributed by atoms with Crippen LogP contribution in [0.3, 0.4) is 0 Å². The van der Waals surface area contributed by atoms with Crippen molar-refractivity contribution in [2.75, 3.05) is 0 Å². The van der Waals surface area contributed by atoms with Crippen molar-refractivity contribution in [2.24, 2.45) is 5.73 Å². The zero-order valence-electron chi connectivity index (χ0n) is 8.64. The van der Waals surface area contributed by atoms with E-state index in [9.17, 15) is 0 Å². The molecule has 0 aliphatic rings. The van der Waals surface area contributed by atoms with Gasteiger partial charge in [-0.15, -0.1) is 0 Å². The average molecular weight is 296 g/mol. The SMILES string of the molecule is Cc1cnn(-c2ccc(Br)cc2C(N)=S)c1. The van der Waals surface area contributed by atoms with Crippen molar-refractivity contribution in [1.82, 2.24) is 9.78 Å². The Bertz CT molecular complexity index is 548. The van der Waals surface area contributed by atoms with Crippen LogP contribution in [0.15, 0.2) is 35.1 Å². The number of rotatable bonds is 2. The van der Waals surface area contributed by atoms with E-state index in [4.69, 9.17) is 18.0 Å². The van der Waals surface area contributed by atoms with E-state index in [0.717, 1.165) is 21.3 Å². The minimum absolute atomic E-state index is 0.365. The third-order valence-electron chi connectivity index (χ3n) is 2.18. The molecule has 16 heavy (non-hydrogen) atoms. The van der Waals surface area contributed by atoms with Crippen LogP contribution in [0, 0.1) is 6.92 Å². The lowest BCUT2D eigenvalue weighted by Gasteiger charge is -2.08. The van der Waals surface area contributed by atoms with E-state index in [0.29, 0.717) is 4.99 Å². The zero-order valence-corrected chi connectivity index (χ0v) is 11.0. The molecular weight excluding hydrogens is 286 g/mol. The molecule has 5 heteroatoms. The second-order valence-electron chi connectivity index (χ2n) is 3.49. The predicted octanol–water partition coefficient (Wildman–Crippen LogP) is 2.58. The number of benzene rings is 1. The lowest BCUT2D eigenvalue weighted by atomic mass is 10.2. The predicted molar refractivity (Wildman–Crippen MR) is 71.9 cm³/mol. The van der Waals surface area contributed by atoms with Gasteiger partial charge in [-0.1, -0.05) is 28.1 Å². The summed E-state index contributed by atoms with van der Waals surface area (Å²) < 4.78 is 2.72. The largest absolute Gasteiger partial charge is 0.389 e. The van der Waals surface area contributed by atoms with Crippen molar-refractivity contribution >= 4 is 33.1 Å². The van der Waals surface area contributed by atoms with Crippen LogP contribution in [-0.2, 0) is 0 Å². The monoisotopic (exact) mass is 295 g/mol. The van der Waals surface area contributed by atoms with Crippen molar-refractivity contribution < 1.29 is 0 Å². The number of hydrogen-bond donors (Lipinski definition) is 1. The molecule has 0 saturated heterocycles. The summed E-state index contributed by atoms with van der Waals surface area (Å²) in [6, 6.07) is 5.77. The standard InChI is InChI=1S/C11H10BrN3S/c1-7-5-14-15(6-7)10-3-2-8(12)4-9(10)11(13)16/h2-6H,1H3,(H2,13,16). The number of halogens is 1. The van der Waals surface area contributed by atoms with E-state index in [1.54, 1.807) is 10.9 Å². The van der Waals surface area contributed by atoms with Gasteiger partial charge in [0.15, 0.2) is 0 Å². The van der Waals surface area contributed by atoms with Gasteiger partial charge in [0.25, 0.3) is 0 Å². The molecule has 0 unspecified atom stereocenters. The van der Waals surface area contributed by atoms with E-state index < -0.39 is 0 Å². The summed E-state index contributed by atoms with van der Waals surface area (Å²) >= 11 is 8.43. The number of aromatic nitrogens is 2. The fourth-order valence-corrected chi connectivity index (χ4v) is 1.97. The van der Waals surface area contributed by atoms with Crippen LogP contribution in [-0.4, -0.2) is 14.8 Å². The van der Waals surface area contributed by atoms with Crippen LogP contribution in [0.1, 0.15) is 11.1 Å². The number of nitrogens with two attached hydrogens (primary N) is 1. The quantitative estimate of drug-likeness (QED) is 0.866. The van der Waals surface area contributed by atoms with Crippen molar-refractivity contribution in [3.8, 4) is 5.69 Å². The second kappa shape index (κ2) is 4.35. The summed E-state index contributed by atoms with van der Waals surface area (Å²) in [5.41, 5.74) is 8.50. The first-order valence-corrected chi connectivity index (χ1v) is 5.89. The average Bonchev–Trinajstić information content (AvgIpc) is 2.64. The van der Waals surface area contributed by atoms with Gasteiger partial charge in [-0.25, -0.2) is 4.68 Å². The highest BCUT2D eigenvalue weighted by atomic mass is 79.9. The Hall–Kier alpha value is -1.20. The molecule has 0 aliphatic heterocycles. The molecule has 0 aliphatic carbocycles. The molecule has 0 saturated carbocycles. The number of aryl methyl sites for hydroxylation is 1. The first kappa shape index (κ1) is 11.3. The highest BCUT2D eigenvalue weighted by Gasteiger charge is 2.08. The van der Waals surface area contributed by atoms with E-state index in [1.165, 1.54) is 0 Å². The van der Waals surface area contributed by atoms with Gasteiger partial charge in [-0.2, -0.15) is 5.10 Å². The molecule has 1 aromatic carbocycles. The van der Waals surface area contributed by atoms with Crippen LogP contribution in [0.25, 0.3) is 5.69 Å². The Labute approximate surface area is 107 Å². The Morgan fingerprint density at radius 3 is 2.81 bits per heavy atom. The molecule has 0 fully saturated rings. The molecule has 0 spiro atoms. The molecule has 2 N–H and O–H groups in total.